The first kappa shape index (κ1) is 27.5. The van der Waals surface area contributed by atoms with Gasteiger partial charge in [0.1, 0.15) is 0 Å². The van der Waals surface area contributed by atoms with Gasteiger partial charge in [-0.25, -0.2) is 9.59 Å². The van der Waals surface area contributed by atoms with Crippen LogP contribution in [-0.2, 0) is 29.8 Å². The van der Waals surface area contributed by atoms with E-state index in [1.165, 1.54) is 0 Å². The van der Waals surface area contributed by atoms with Gasteiger partial charge in [-0.3, -0.25) is 9.11 Å². The maximum Gasteiger partial charge on any atom is 0.335 e. The number of aromatic hydroxyl groups is 4. The summed E-state index contributed by atoms with van der Waals surface area (Å²) in [5, 5.41) is 37.7. The van der Waals surface area contributed by atoms with Gasteiger partial charge in [0.25, 0.3) is 20.2 Å². The summed E-state index contributed by atoms with van der Waals surface area (Å²) in [7, 11) is -9.95. The second-order valence-corrected chi connectivity index (χ2v) is 12.6. The van der Waals surface area contributed by atoms with Crippen LogP contribution < -0.4 is 9.68 Å². The quantitative estimate of drug-likeness (QED) is 0.146. The van der Waals surface area contributed by atoms with Crippen molar-refractivity contribution in [3.05, 3.63) is 24.3 Å². The predicted octanol–water partition coefficient (Wildman–Crippen LogP) is -0.688. The highest BCUT2D eigenvalue weighted by Gasteiger charge is 2.35. The fourth-order valence-electron chi connectivity index (χ4n) is 2.04. The molecule has 0 aliphatic heterocycles. The minimum atomic E-state index is -5.04. The summed E-state index contributed by atoms with van der Waals surface area (Å²) < 4.78 is 61.5. The lowest BCUT2D eigenvalue weighted by Crippen LogP contribution is -2.28. The van der Waals surface area contributed by atoms with Crippen LogP contribution in [0.4, 0.5) is 0 Å². The predicted molar refractivity (Wildman–Crippen MR) is 114 cm³/mol. The molecule has 34 heavy (non-hydrogen) atoms. The van der Waals surface area contributed by atoms with Crippen LogP contribution in [0.5, 0.6) is 23.5 Å². The molecule has 0 radical (unpaired) electrons. The number of aromatic nitrogens is 2. The van der Waals surface area contributed by atoms with Crippen molar-refractivity contribution < 1.29 is 65.6 Å². The third kappa shape index (κ3) is 7.36. The monoisotopic (exact) mass is 564 g/mol. The van der Waals surface area contributed by atoms with E-state index >= 15 is 0 Å². The average molecular weight is 565 g/mol. The number of carbonyl (C=O) groups is 2. The Labute approximate surface area is 198 Å². The molecule has 0 amide bonds. The molecule has 0 fully saturated rings. The van der Waals surface area contributed by atoms with E-state index in [9.17, 15) is 56.0 Å². The molecule has 0 spiro atoms. The second kappa shape index (κ2) is 10.7. The van der Waals surface area contributed by atoms with Crippen molar-refractivity contribution in [2.75, 3.05) is 0 Å². The third-order valence-corrected chi connectivity index (χ3v) is 10.6. The molecule has 2 aromatic rings. The molecule has 0 saturated carbocycles. The van der Waals surface area contributed by atoms with E-state index in [1.807, 2.05) is 0 Å². The summed E-state index contributed by atoms with van der Waals surface area (Å²) in [6, 6.07) is 3.76. The van der Waals surface area contributed by atoms with Crippen molar-refractivity contribution in [1.82, 2.24) is 9.46 Å². The average Bonchev–Trinajstić information content (AvgIpc) is 3.18. The smallest absolute Gasteiger partial charge is 0.335 e. The van der Waals surface area contributed by atoms with Gasteiger partial charge in [-0.05, 0) is 0 Å². The van der Waals surface area contributed by atoms with E-state index in [0.717, 1.165) is 24.3 Å². The van der Waals surface area contributed by atoms with Gasteiger partial charge < -0.3 is 30.1 Å². The Kier molecular flexibility index (Phi) is 8.60. The maximum atomic E-state index is 12.0. The van der Waals surface area contributed by atoms with Gasteiger partial charge in [0.15, 0.2) is 9.16 Å². The van der Waals surface area contributed by atoms with Crippen LogP contribution in [0.1, 0.15) is 12.8 Å². The topological polar surface area (TPSA) is 252 Å². The minimum Gasteiger partial charge on any atom is -0.492 e. The van der Waals surface area contributed by atoms with Crippen LogP contribution in [0.25, 0.3) is 0 Å². The number of rotatable bonds is 11. The van der Waals surface area contributed by atoms with Crippen LogP contribution in [0.15, 0.2) is 24.3 Å². The maximum absolute atomic E-state index is 12.0. The largest absolute Gasteiger partial charge is 0.492 e. The zero-order valence-electron chi connectivity index (χ0n) is 16.4. The SMILES string of the molecule is O=C(CC(SSC(CC(=O)On1c(O)ccc1O)S(=O)(=O)O)S(=O)(=O)O)On1c(O)ccc1O. The van der Waals surface area contributed by atoms with E-state index in [4.69, 9.17) is 0 Å². The Bertz CT molecular complexity index is 1130. The summed E-state index contributed by atoms with van der Waals surface area (Å²) >= 11 is 0. The second-order valence-electron chi connectivity index (χ2n) is 6.10. The van der Waals surface area contributed by atoms with E-state index in [1.54, 1.807) is 0 Å². The van der Waals surface area contributed by atoms with Gasteiger partial charge in [0.05, 0.1) is 12.8 Å². The Morgan fingerprint density at radius 3 is 1.21 bits per heavy atom. The standard InChI is InChI=1S/C14H16N2O14S4/c17-7-1-2-8(18)15(7)29-11(21)5-13(33(23,24)25)31-32-14(34(26,27)28)6-12(22)30-16-9(19)3-4-10(16)20/h1-4,13-14,17-20H,5-6H2,(H,23,24,25)(H,26,27,28). The van der Waals surface area contributed by atoms with E-state index < -0.39 is 77.7 Å². The first-order valence-corrected chi connectivity index (χ1v) is 13.7. The fourth-order valence-corrected chi connectivity index (χ4v) is 7.94. The highest BCUT2D eigenvalue weighted by Crippen LogP contribution is 2.38. The van der Waals surface area contributed by atoms with Crippen LogP contribution >= 0.6 is 21.6 Å². The first-order chi connectivity index (χ1) is 15.6. The van der Waals surface area contributed by atoms with Crippen LogP contribution in [0.3, 0.4) is 0 Å². The number of hydrogen-bond donors (Lipinski definition) is 6. The molecular weight excluding hydrogens is 548 g/mol. The molecule has 2 heterocycles. The molecule has 0 bridgehead atoms. The molecule has 16 nitrogen and oxygen atoms in total. The Morgan fingerprint density at radius 1 is 0.706 bits per heavy atom. The van der Waals surface area contributed by atoms with Crippen molar-refractivity contribution in [3.63, 3.8) is 0 Å². The van der Waals surface area contributed by atoms with Gasteiger partial charge in [0, 0.05) is 24.3 Å². The highest BCUT2D eigenvalue weighted by molar-refractivity contribution is 8.79. The lowest BCUT2D eigenvalue weighted by molar-refractivity contribution is -0.145. The fraction of sp³-hybridized carbons (Fsp3) is 0.286. The molecule has 0 aliphatic carbocycles. The summed E-state index contributed by atoms with van der Waals surface area (Å²) in [6.07, 6.45) is -2.25. The number of nitrogens with zero attached hydrogens (tertiary/aromatic N) is 2. The van der Waals surface area contributed by atoms with Crippen LogP contribution in [0, 0.1) is 0 Å². The van der Waals surface area contributed by atoms with E-state index in [-0.39, 0.29) is 31.0 Å². The van der Waals surface area contributed by atoms with Gasteiger partial charge >= 0.3 is 11.9 Å². The third-order valence-electron chi connectivity index (χ3n) is 3.58. The Morgan fingerprint density at radius 2 is 0.971 bits per heavy atom. The molecule has 2 rings (SSSR count). The molecule has 6 N–H and O–H groups in total. The lowest BCUT2D eigenvalue weighted by atomic mass is 10.5. The zero-order chi connectivity index (χ0) is 25.8. The lowest BCUT2D eigenvalue weighted by Gasteiger charge is -2.16. The normalized spacial score (nSPS) is 13.8. The summed E-state index contributed by atoms with van der Waals surface area (Å²) in [5.74, 6) is -5.67. The van der Waals surface area contributed by atoms with Gasteiger partial charge in [-0.2, -0.15) is 16.8 Å². The van der Waals surface area contributed by atoms with Crippen molar-refractivity contribution in [2.24, 2.45) is 0 Å². The molecular formula is C14H16N2O14S4. The summed E-state index contributed by atoms with van der Waals surface area (Å²) in [4.78, 5) is 33.1. The molecule has 0 aromatic carbocycles. The van der Waals surface area contributed by atoms with Gasteiger partial charge in [-0.1, -0.05) is 21.6 Å². The first-order valence-electron chi connectivity index (χ1n) is 8.46. The molecule has 0 saturated heterocycles. The van der Waals surface area contributed by atoms with Crippen LogP contribution in [0.2, 0.25) is 0 Å². The van der Waals surface area contributed by atoms with Crippen molar-refractivity contribution in [1.29, 1.82) is 0 Å². The Balaban J connectivity index is 2.09. The zero-order valence-corrected chi connectivity index (χ0v) is 19.6. The molecule has 2 atom stereocenters. The van der Waals surface area contributed by atoms with E-state index in [2.05, 4.69) is 9.68 Å². The minimum absolute atomic E-state index is 0.0602. The van der Waals surface area contributed by atoms with Crippen LogP contribution in [-0.4, -0.2) is 76.9 Å². The van der Waals surface area contributed by atoms with Crippen molar-refractivity contribution in [3.8, 4) is 23.5 Å². The molecule has 20 heteroatoms. The van der Waals surface area contributed by atoms with E-state index in [0.29, 0.717) is 0 Å². The number of carbonyl (C=O) groups excluding carboxylic acids is 2. The molecule has 190 valence electrons. The molecule has 2 aromatic heterocycles. The summed E-state index contributed by atoms with van der Waals surface area (Å²) in [5.41, 5.74) is 0. The summed E-state index contributed by atoms with van der Waals surface area (Å²) in [6.45, 7) is 0. The molecule has 2 unspecified atom stereocenters. The van der Waals surface area contributed by atoms with Gasteiger partial charge in [0.2, 0.25) is 23.5 Å². The van der Waals surface area contributed by atoms with Crippen molar-refractivity contribution >= 4 is 53.8 Å². The molecule has 0 aliphatic rings. The Hall–Kier alpha value is -2.78. The van der Waals surface area contributed by atoms with Gasteiger partial charge in [-0.15, -0.1) is 9.46 Å². The highest BCUT2D eigenvalue weighted by atomic mass is 33.1. The number of hydrogen-bond acceptors (Lipinski definition) is 14. The van der Waals surface area contributed by atoms with Crippen molar-refractivity contribution in [2.45, 2.75) is 22.0 Å².